The summed E-state index contributed by atoms with van der Waals surface area (Å²) in [4.78, 5) is 35.2. The molecule has 0 spiro atoms. The molecule has 0 N–H and O–H groups in total. The van der Waals surface area contributed by atoms with Gasteiger partial charge < -0.3 is 18.8 Å². The monoisotopic (exact) mass is 517 g/mol. The first kappa shape index (κ1) is 23.9. The Kier molecular flexibility index (Phi) is 5.95. The molecular weight excluding hydrogens is 499 g/mol. The minimum Gasteiger partial charge on any atom is -0.491 e. The molecular formula is C24H19ClF3N5O3. The van der Waals surface area contributed by atoms with E-state index in [1.165, 1.54) is 21.9 Å². The third kappa shape index (κ3) is 4.30. The molecule has 4 aromatic rings. The summed E-state index contributed by atoms with van der Waals surface area (Å²) in [6, 6.07) is 8.58. The zero-order valence-electron chi connectivity index (χ0n) is 18.9. The van der Waals surface area contributed by atoms with E-state index in [9.17, 15) is 22.8 Å². The number of para-hydroxylation sites is 1. The lowest BCUT2D eigenvalue weighted by Gasteiger charge is -2.29. The molecule has 3 aromatic heterocycles. The summed E-state index contributed by atoms with van der Waals surface area (Å²) in [7, 11) is 0. The van der Waals surface area contributed by atoms with Crippen molar-refractivity contribution >= 4 is 28.4 Å². The predicted octanol–water partition coefficient (Wildman–Crippen LogP) is 4.10. The molecule has 1 aliphatic rings. The van der Waals surface area contributed by atoms with Crippen LogP contribution < -0.4 is 10.3 Å². The molecule has 0 unspecified atom stereocenters. The lowest BCUT2D eigenvalue weighted by atomic mass is 10.1. The predicted molar refractivity (Wildman–Crippen MR) is 126 cm³/mol. The average Bonchev–Trinajstić information content (AvgIpc) is 3.26. The van der Waals surface area contributed by atoms with Gasteiger partial charge in [-0.15, -0.1) is 0 Å². The first-order chi connectivity index (χ1) is 17.1. The smallest absolute Gasteiger partial charge is 0.433 e. The summed E-state index contributed by atoms with van der Waals surface area (Å²) in [6.45, 7) is 2.38. The molecule has 0 atom stereocenters. The van der Waals surface area contributed by atoms with Crippen LogP contribution in [0.1, 0.15) is 21.9 Å². The van der Waals surface area contributed by atoms with Crippen molar-refractivity contribution in [3.8, 4) is 11.4 Å². The first-order valence-corrected chi connectivity index (χ1v) is 11.3. The number of pyridine rings is 2. The maximum absolute atomic E-state index is 13.4. The molecule has 0 saturated carbocycles. The number of alkyl halides is 3. The van der Waals surface area contributed by atoms with Crippen molar-refractivity contribution in [2.75, 3.05) is 19.7 Å². The number of benzene rings is 1. The van der Waals surface area contributed by atoms with Crippen molar-refractivity contribution < 1.29 is 22.7 Å². The van der Waals surface area contributed by atoms with Gasteiger partial charge in [0.15, 0.2) is 0 Å². The summed E-state index contributed by atoms with van der Waals surface area (Å²) in [5.41, 5.74) is -0.0838. The normalized spacial score (nSPS) is 13.8. The fourth-order valence-electron chi connectivity index (χ4n) is 4.14. The Morgan fingerprint density at radius 3 is 2.67 bits per heavy atom. The zero-order chi connectivity index (χ0) is 25.6. The van der Waals surface area contributed by atoms with Gasteiger partial charge in [-0.3, -0.25) is 9.59 Å². The number of rotatable bonds is 5. The molecule has 1 aliphatic heterocycles. The molecule has 0 aliphatic carbocycles. The molecule has 1 amide bonds. The van der Waals surface area contributed by atoms with Gasteiger partial charge >= 0.3 is 6.18 Å². The fraction of sp³-hybridized carbons (Fsp3) is 0.250. The SMILES string of the molecule is Cc1cn(-c2ccc3n(c2=O)CCN(CCOc2cc(C(F)(F)F)nc4c(Cl)cccc24)C3=O)cn1. The Balaban J connectivity index is 1.35. The number of halogens is 4. The Hall–Kier alpha value is -3.86. The number of hydrogen-bond donors (Lipinski definition) is 0. The van der Waals surface area contributed by atoms with E-state index in [1.807, 2.05) is 6.92 Å². The number of amides is 1. The maximum Gasteiger partial charge on any atom is 0.433 e. The molecule has 0 saturated heterocycles. The molecule has 12 heteroatoms. The maximum atomic E-state index is 13.4. The second-order valence-corrected chi connectivity index (χ2v) is 8.67. The molecule has 0 radical (unpaired) electrons. The van der Waals surface area contributed by atoms with Gasteiger partial charge in [-0.25, -0.2) is 9.97 Å². The van der Waals surface area contributed by atoms with Gasteiger partial charge in [-0.1, -0.05) is 17.7 Å². The molecule has 5 rings (SSSR count). The van der Waals surface area contributed by atoms with Gasteiger partial charge in [0.25, 0.3) is 11.5 Å². The quantitative estimate of drug-likeness (QED) is 0.398. The topological polar surface area (TPSA) is 82.3 Å². The van der Waals surface area contributed by atoms with Crippen molar-refractivity contribution in [3.63, 3.8) is 0 Å². The van der Waals surface area contributed by atoms with Crippen molar-refractivity contribution in [1.82, 2.24) is 24.0 Å². The van der Waals surface area contributed by atoms with Crippen LogP contribution in [-0.2, 0) is 12.7 Å². The van der Waals surface area contributed by atoms with Crippen molar-refractivity contribution in [3.05, 3.63) is 81.4 Å². The van der Waals surface area contributed by atoms with E-state index in [1.54, 1.807) is 35.0 Å². The van der Waals surface area contributed by atoms with E-state index in [2.05, 4.69) is 9.97 Å². The number of imidazole rings is 1. The highest BCUT2D eigenvalue weighted by Gasteiger charge is 2.34. The molecule has 1 aromatic carbocycles. The summed E-state index contributed by atoms with van der Waals surface area (Å²) in [5.74, 6) is -0.398. The number of carbonyl (C=O) groups excluding carboxylic acids is 1. The summed E-state index contributed by atoms with van der Waals surface area (Å²) < 4.78 is 48.8. The first-order valence-electron chi connectivity index (χ1n) is 11.0. The lowest BCUT2D eigenvalue weighted by molar-refractivity contribution is -0.141. The number of carbonyl (C=O) groups is 1. The van der Waals surface area contributed by atoms with Crippen molar-refractivity contribution in [2.45, 2.75) is 19.6 Å². The second-order valence-electron chi connectivity index (χ2n) is 8.26. The molecule has 0 bridgehead atoms. The van der Waals surface area contributed by atoms with Gasteiger partial charge in [0.1, 0.15) is 29.4 Å². The van der Waals surface area contributed by atoms with Crippen LogP contribution in [0.4, 0.5) is 13.2 Å². The minimum atomic E-state index is -4.68. The summed E-state index contributed by atoms with van der Waals surface area (Å²) >= 11 is 6.07. The summed E-state index contributed by atoms with van der Waals surface area (Å²) in [6.07, 6.45) is -1.43. The van der Waals surface area contributed by atoms with Crippen LogP contribution in [0.3, 0.4) is 0 Å². The van der Waals surface area contributed by atoms with E-state index in [4.69, 9.17) is 16.3 Å². The number of fused-ring (bicyclic) bond motifs is 2. The number of aryl methyl sites for hydroxylation is 1. The van der Waals surface area contributed by atoms with Crippen LogP contribution in [0.5, 0.6) is 5.75 Å². The third-order valence-corrected chi connectivity index (χ3v) is 6.21. The van der Waals surface area contributed by atoms with Crippen LogP contribution in [0, 0.1) is 6.92 Å². The van der Waals surface area contributed by atoms with Crippen LogP contribution >= 0.6 is 11.6 Å². The standard InChI is InChI=1S/C24H19ClF3N5O3/c1-14-12-32(13-29-14)17-5-6-18-22(34)31(7-8-33(18)23(17)35)9-10-36-19-11-20(24(26,27)28)30-21-15(19)3-2-4-16(21)25/h2-6,11-13H,7-10H2,1H3. The molecule has 4 heterocycles. The van der Waals surface area contributed by atoms with Crippen molar-refractivity contribution in [2.24, 2.45) is 0 Å². The average molecular weight is 518 g/mol. The molecule has 186 valence electrons. The van der Waals surface area contributed by atoms with Crippen LogP contribution in [-0.4, -0.2) is 49.6 Å². The van der Waals surface area contributed by atoms with Gasteiger partial charge in [0.05, 0.1) is 29.1 Å². The van der Waals surface area contributed by atoms with Gasteiger partial charge in [-0.2, -0.15) is 13.2 Å². The van der Waals surface area contributed by atoms with Gasteiger partial charge in [0.2, 0.25) is 0 Å². The molecule has 0 fully saturated rings. The van der Waals surface area contributed by atoms with Crippen LogP contribution in [0.15, 0.2) is 53.7 Å². The largest absolute Gasteiger partial charge is 0.491 e. The number of hydrogen-bond acceptors (Lipinski definition) is 5. The van der Waals surface area contributed by atoms with Gasteiger partial charge in [-0.05, 0) is 31.2 Å². The highest BCUT2D eigenvalue weighted by atomic mass is 35.5. The minimum absolute atomic E-state index is 0.0183. The van der Waals surface area contributed by atoms with E-state index in [-0.39, 0.29) is 59.7 Å². The second kappa shape index (κ2) is 8.98. The van der Waals surface area contributed by atoms with E-state index in [0.29, 0.717) is 11.1 Å². The Morgan fingerprint density at radius 1 is 1.14 bits per heavy atom. The van der Waals surface area contributed by atoms with Crippen LogP contribution in [0.25, 0.3) is 16.6 Å². The van der Waals surface area contributed by atoms with Crippen molar-refractivity contribution in [1.29, 1.82) is 0 Å². The lowest BCUT2D eigenvalue weighted by Crippen LogP contribution is -2.46. The molecule has 36 heavy (non-hydrogen) atoms. The van der Waals surface area contributed by atoms with E-state index in [0.717, 1.165) is 11.8 Å². The summed E-state index contributed by atoms with van der Waals surface area (Å²) in [5, 5.41) is 0.404. The number of aromatic nitrogens is 4. The fourth-order valence-corrected chi connectivity index (χ4v) is 4.35. The highest BCUT2D eigenvalue weighted by Crippen LogP contribution is 2.36. The van der Waals surface area contributed by atoms with E-state index >= 15 is 0 Å². The zero-order valence-corrected chi connectivity index (χ0v) is 19.7. The number of ether oxygens (including phenoxy) is 1. The molecule has 8 nitrogen and oxygen atoms in total. The Labute approximate surface area is 207 Å². The Morgan fingerprint density at radius 2 is 1.94 bits per heavy atom. The van der Waals surface area contributed by atoms with Crippen LogP contribution in [0.2, 0.25) is 5.02 Å². The Bertz CT molecular complexity index is 1550. The number of nitrogens with zero attached hydrogens (tertiary/aromatic N) is 5. The van der Waals surface area contributed by atoms with E-state index < -0.39 is 11.9 Å². The highest BCUT2D eigenvalue weighted by molar-refractivity contribution is 6.35. The van der Waals surface area contributed by atoms with Gasteiger partial charge in [0, 0.05) is 30.7 Å². The third-order valence-electron chi connectivity index (χ3n) is 5.91.